The number of hydrogen-bond acceptors (Lipinski definition) is 3. The van der Waals surface area contributed by atoms with Crippen molar-refractivity contribution in [3.63, 3.8) is 0 Å². The minimum Gasteiger partial charge on any atom is -0.378 e. The van der Waals surface area contributed by atoms with Gasteiger partial charge in [-0.25, -0.2) is 0 Å². The third kappa shape index (κ3) is 2.54. The van der Waals surface area contributed by atoms with Crippen molar-refractivity contribution in [2.45, 2.75) is 18.5 Å². The van der Waals surface area contributed by atoms with Gasteiger partial charge in [0.05, 0.1) is 6.04 Å². The molecular formula is C22H21N3O. The second-order valence-corrected chi connectivity index (χ2v) is 7.15. The molecule has 0 radical (unpaired) electrons. The predicted octanol–water partition coefficient (Wildman–Crippen LogP) is 3.69. The van der Waals surface area contributed by atoms with Gasteiger partial charge in [0.1, 0.15) is 0 Å². The van der Waals surface area contributed by atoms with E-state index < -0.39 is 0 Å². The summed E-state index contributed by atoms with van der Waals surface area (Å²) >= 11 is 0. The molecule has 0 saturated carbocycles. The van der Waals surface area contributed by atoms with E-state index in [4.69, 9.17) is 0 Å². The molecule has 2 aliphatic heterocycles. The maximum Gasteiger partial charge on any atom is 0.255 e. The molecule has 26 heavy (non-hydrogen) atoms. The Morgan fingerprint density at radius 1 is 1.08 bits per heavy atom. The van der Waals surface area contributed by atoms with Gasteiger partial charge in [0.2, 0.25) is 0 Å². The molecule has 3 aliphatic rings. The van der Waals surface area contributed by atoms with Gasteiger partial charge in [0, 0.05) is 28.9 Å². The highest BCUT2D eigenvalue weighted by molar-refractivity contribution is 5.96. The van der Waals surface area contributed by atoms with E-state index in [0.717, 1.165) is 24.4 Å². The summed E-state index contributed by atoms with van der Waals surface area (Å²) < 4.78 is 0. The Bertz CT molecular complexity index is 916. The van der Waals surface area contributed by atoms with E-state index in [9.17, 15) is 4.79 Å². The first-order valence-electron chi connectivity index (χ1n) is 9.18. The van der Waals surface area contributed by atoms with Crippen LogP contribution in [0.3, 0.4) is 0 Å². The molecule has 0 bridgehead atoms. The van der Waals surface area contributed by atoms with Crippen molar-refractivity contribution in [3.8, 4) is 0 Å². The van der Waals surface area contributed by atoms with Gasteiger partial charge in [-0.1, -0.05) is 36.4 Å². The second kappa shape index (κ2) is 6.15. The lowest BCUT2D eigenvalue weighted by Crippen LogP contribution is -2.33. The molecule has 4 nitrogen and oxygen atoms in total. The van der Waals surface area contributed by atoms with Crippen molar-refractivity contribution in [3.05, 3.63) is 89.1 Å². The Morgan fingerprint density at radius 2 is 1.92 bits per heavy atom. The molecule has 3 unspecified atom stereocenters. The third-order valence-corrected chi connectivity index (χ3v) is 5.63. The lowest BCUT2D eigenvalue weighted by atomic mass is 9.80. The molecule has 1 fully saturated rings. The summed E-state index contributed by atoms with van der Waals surface area (Å²) in [4.78, 5) is 12.5. The Hall–Kier alpha value is -2.85. The highest BCUT2D eigenvalue weighted by Crippen LogP contribution is 2.47. The highest BCUT2D eigenvalue weighted by atomic mass is 16.1. The highest BCUT2D eigenvalue weighted by Gasteiger charge is 2.40. The van der Waals surface area contributed by atoms with Crippen molar-refractivity contribution >= 4 is 11.6 Å². The minimum atomic E-state index is -0.0527. The number of hydrogen-bond donors (Lipinski definition) is 3. The van der Waals surface area contributed by atoms with Crippen LogP contribution in [-0.4, -0.2) is 12.5 Å². The third-order valence-electron chi connectivity index (χ3n) is 5.63. The first-order valence-corrected chi connectivity index (χ1v) is 9.18. The topological polar surface area (TPSA) is 53.2 Å². The molecule has 0 aromatic heterocycles. The number of rotatable bonds is 3. The van der Waals surface area contributed by atoms with E-state index in [1.165, 1.54) is 11.1 Å². The van der Waals surface area contributed by atoms with Crippen LogP contribution in [0.5, 0.6) is 0 Å². The summed E-state index contributed by atoms with van der Waals surface area (Å²) in [6, 6.07) is 17.2. The van der Waals surface area contributed by atoms with Crippen molar-refractivity contribution in [2.75, 3.05) is 11.9 Å². The minimum absolute atomic E-state index is 0.0527. The fourth-order valence-corrected chi connectivity index (χ4v) is 4.26. The predicted molar refractivity (Wildman–Crippen MR) is 103 cm³/mol. The molecule has 130 valence electrons. The molecule has 2 aromatic rings. The number of benzene rings is 2. The number of carbonyl (C=O) groups excluding carboxylic acids is 1. The van der Waals surface area contributed by atoms with Crippen LogP contribution in [0.1, 0.15) is 40.0 Å². The zero-order chi connectivity index (χ0) is 17.5. The zero-order valence-corrected chi connectivity index (χ0v) is 14.4. The van der Waals surface area contributed by atoms with Gasteiger partial charge in [-0.05, 0) is 54.4 Å². The smallest absolute Gasteiger partial charge is 0.255 e. The average Bonchev–Trinajstić information content (AvgIpc) is 3.14. The van der Waals surface area contributed by atoms with E-state index in [-0.39, 0.29) is 11.9 Å². The van der Waals surface area contributed by atoms with Crippen molar-refractivity contribution < 1.29 is 4.79 Å². The van der Waals surface area contributed by atoms with Crippen molar-refractivity contribution in [1.29, 1.82) is 0 Å². The van der Waals surface area contributed by atoms with Crippen LogP contribution >= 0.6 is 0 Å². The Balaban J connectivity index is 1.47. The quantitative estimate of drug-likeness (QED) is 0.797. The largest absolute Gasteiger partial charge is 0.378 e. The molecule has 2 heterocycles. The zero-order valence-electron chi connectivity index (χ0n) is 14.4. The number of allylic oxidation sites excluding steroid dienone is 3. The number of anilines is 1. The standard InChI is InChI=1S/C22H21N3O/c26-22(24-16-7-4-8-16)15-9-10-19-18(13-15)21-17(11-12-23-21)20(25-19)14-5-2-1-3-6-14/h1-10,13,17,20-21,23,25H,11-12H2,(H,24,26). The van der Waals surface area contributed by atoms with E-state index in [0.29, 0.717) is 17.5 Å². The van der Waals surface area contributed by atoms with Gasteiger partial charge in [0.15, 0.2) is 0 Å². The molecule has 3 N–H and O–H groups in total. The van der Waals surface area contributed by atoms with E-state index in [1.807, 2.05) is 36.4 Å². The summed E-state index contributed by atoms with van der Waals surface area (Å²) in [5.74, 6) is 0.434. The molecule has 4 heteroatoms. The van der Waals surface area contributed by atoms with Gasteiger partial charge in [-0.15, -0.1) is 0 Å². The lowest BCUT2D eigenvalue weighted by Gasteiger charge is -2.37. The maximum atomic E-state index is 12.5. The van der Waals surface area contributed by atoms with Crippen molar-refractivity contribution in [2.24, 2.45) is 5.92 Å². The second-order valence-electron chi connectivity index (χ2n) is 7.15. The van der Waals surface area contributed by atoms with E-state index >= 15 is 0 Å². The number of carbonyl (C=O) groups is 1. The van der Waals surface area contributed by atoms with Gasteiger partial charge in [0.25, 0.3) is 5.91 Å². The van der Waals surface area contributed by atoms with Crippen LogP contribution in [0.2, 0.25) is 0 Å². The fraction of sp³-hybridized carbons (Fsp3) is 0.227. The van der Waals surface area contributed by atoms with E-state index in [2.05, 4.69) is 46.3 Å². The monoisotopic (exact) mass is 343 g/mol. The van der Waals surface area contributed by atoms with Crippen LogP contribution < -0.4 is 16.0 Å². The first-order chi connectivity index (χ1) is 12.8. The molecule has 1 aliphatic carbocycles. The maximum absolute atomic E-state index is 12.5. The molecule has 3 atom stereocenters. The summed E-state index contributed by atoms with van der Waals surface area (Å²) in [5.41, 5.74) is 5.21. The normalized spacial score (nSPS) is 25.4. The Morgan fingerprint density at radius 3 is 2.69 bits per heavy atom. The summed E-state index contributed by atoms with van der Waals surface area (Å²) in [7, 11) is 0. The van der Waals surface area contributed by atoms with E-state index in [1.54, 1.807) is 0 Å². The van der Waals surface area contributed by atoms with Crippen LogP contribution in [0.4, 0.5) is 5.69 Å². The SMILES string of the molecule is O=C(NC1=CC=C1)c1ccc2c(c1)C1NCCC1C(c1ccccc1)N2. The number of nitrogens with one attached hydrogen (secondary N) is 3. The molecule has 0 spiro atoms. The van der Waals surface area contributed by atoms with Crippen LogP contribution in [0, 0.1) is 5.92 Å². The molecule has 1 amide bonds. The van der Waals surface area contributed by atoms with Gasteiger partial charge in [-0.2, -0.15) is 0 Å². The van der Waals surface area contributed by atoms with Crippen LogP contribution in [-0.2, 0) is 0 Å². The summed E-state index contributed by atoms with van der Waals surface area (Å²) in [6.07, 6.45) is 6.85. The van der Waals surface area contributed by atoms with Crippen LogP contribution in [0.25, 0.3) is 0 Å². The number of amides is 1. The molecular weight excluding hydrogens is 322 g/mol. The Kier molecular flexibility index (Phi) is 3.64. The fourth-order valence-electron chi connectivity index (χ4n) is 4.26. The van der Waals surface area contributed by atoms with Crippen molar-refractivity contribution in [1.82, 2.24) is 10.6 Å². The molecule has 5 rings (SSSR count). The van der Waals surface area contributed by atoms with Gasteiger partial charge in [-0.3, -0.25) is 4.79 Å². The lowest BCUT2D eigenvalue weighted by molar-refractivity contribution is 0.0966. The Labute approximate surface area is 153 Å². The summed E-state index contributed by atoms with van der Waals surface area (Å²) in [5, 5.41) is 10.3. The summed E-state index contributed by atoms with van der Waals surface area (Å²) in [6.45, 7) is 1.01. The average molecular weight is 343 g/mol. The molecule has 2 aromatic carbocycles. The number of fused-ring (bicyclic) bond motifs is 3. The first kappa shape index (κ1) is 15.4. The molecule has 1 saturated heterocycles. The van der Waals surface area contributed by atoms with Gasteiger partial charge < -0.3 is 16.0 Å². The van der Waals surface area contributed by atoms with Gasteiger partial charge >= 0.3 is 0 Å². The van der Waals surface area contributed by atoms with Crippen LogP contribution in [0.15, 0.2) is 72.5 Å².